The molecular weight excluding hydrogens is 282 g/mol. The normalized spacial score (nSPS) is 9.36. The number of nitrogens with two attached hydrogens (primary N) is 5. The molecule has 7 heteroatoms. The minimum atomic E-state index is -1.33. The molecule has 0 saturated carbocycles. The fourth-order valence-electron chi connectivity index (χ4n) is 1.35. The first kappa shape index (κ1) is 19.6. The third kappa shape index (κ3) is 10.4. The molecule has 0 saturated heterocycles. The fraction of sp³-hybridized carbons (Fsp3) is 0.133. The van der Waals surface area contributed by atoms with Gasteiger partial charge in [0, 0.05) is 0 Å². The van der Waals surface area contributed by atoms with Crippen molar-refractivity contribution in [2.75, 3.05) is 0 Å². The van der Waals surface area contributed by atoms with Gasteiger partial charge in [0.2, 0.25) is 0 Å². The van der Waals surface area contributed by atoms with Gasteiger partial charge in [-0.1, -0.05) is 60.7 Å². The van der Waals surface area contributed by atoms with Gasteiger partial charge in [0.15, 0.2) is 0 Å². The van der Waals surface area contributed by atoms with Crippen molar-refractivity contribution in [3.8, 4) is 0 Å². The molecule has 0 fully saturated rings. The number of carboxylic acid groups (broad SMARTS) is 1. The lowest BCUT2D eigenvalue weighted by atomic mass is 10.2. The van der Waals surface area contributed by atoms with E-state index in [2.05, 4.69) is 5.73 Å². The van der Waals surface area contributed by atoms with Gasteiger partial charge >= 0.3 is 6.09 Å². The summed E-state index contributed by atoms with van der Waals surface area (Å²) in [6.45, 7) is 0. The molecule has 2 aromatic rings. The highest BCUT2D eigenvalue weighted by molar-refractivity contribution is 5.61. The molecular formula is C15H23N5O2. The number of primary amides is 1. The summed E-state index contributed by atoms with van der Waals surface area (Å²) in [5.41, 5.74) is 27.5. The molecule has 0 aliphatic carbocycles. The molecule has 1 amide bonds. The van der Waals surface area contributed by atoms with Crippen molar-refractivity contribution in [2.45, 2.75) is 12.3 Å². The van der Waals surface area contributed by atoms with Gasteiger partial charge in [-0.2, -0.15) is 0 Å². The predicted octanol–water partition coefficient (Wildman–Crippen LogP) is 0.828. The van der Waals surface area contributed by atoms with Crippen LogP contribution >= 0.6 is 0 Å². The van der Waals surface area contributed by atoms with Gasteiger partial charge in [-0.05, 0) is 11.1 Å². The zero-order chi connectivity index (χ0) is 17.0. The van der Waals surface area contributed by atoms with Gasteiger partial charge in [-0.25, -0.2) is 4.79 Å². The summed E-state index contributed by atoms with van der Waals surface area (Å²) in [5.74, 6) is 0. The molecule has 0 aromatic heterocycles. The third-order valence-electron chi connectivity index (χ3n) is 2.37. The Morgan fingerprint density at radius 3 is 1.09 bits per heavy atom. The number of carbonyl (C=O) groups is 1. The van der Waals surface area contributed by atoms with E-state index in [-0.39, 0.29) is 12.3 Å². The molecule has 0 heterocycles. The first-order chi connectivity index (χ1) is 10.3. The minimum Gasteiger partial charge on any atom is -0.465 e. The van der Waals surface area contributed by atoms with Crippen LogP contribution in [-0.2, 0) is 0 Å². The van der Waals surface area contributed by atoms with Crippen LogP contribution in [0, 0.1) is 0 Å². The first-order valence-corrected chi connectivity index (χ1v) is 6.45. The molecule has 11 N–H and O–H groups in total. The molecule has 0 aliphatic rings. The summed E-state index contributed by atoms with van der Waals surface area (Å²) in [4.78, 5) is 8.78. The Labute approximate surface area is 129 Å². The Bertz CT molecular complexity index is 470. The summed E-state index contributed by atoms with van der Waals surface area (Å²) < 4.78 is 0. The number of benzene rings is 2. The van der Waals surface area contributed by atoms with Crippen LogP contribution in [0.3, 0.4) is 0 Å². The number of hydrogen-bond acceptors (Lipinski definition) is 5. The van der Waals surface area contributed by atoms with Gasteiger partial charge in [-0.15, -0.1) is 0 Å². The van der Waals surface area contributed by atoms with Crippen LogP contribution in [0.15, 0.2) is 60.7 Å². The predicted molar refractivity (Wildman–Crippen MR) is 87.3 cm³/mol. The monoisotopic (exact) mass is 305 g/mol. The molecule has 2 aromatic carbocycles. The molecule has 22 heavy (non-hydrogen) atoms. The molecule has 0 radical (unpaired) electrons. The Morgan fingerprint density at radius 1 is 0.727 bits per heavy atom. The van der Waals surface area contributed by atoms with E-state index in [4.69, 9.17) is 32.8 Å². The van der Waals surface area contributed by atoms with Crippen LogP contribution in [0.1, 0.15) is 23.5 Å². The Hall–Kier alpha value is -2.45. The van der Waals surface area contributed by atoms with E-state index < -0.39 is 6.09 Å². The van der Waals surface area contributed by atoms with Crippen molar-refractivity contribution in [2.24, 2.45) is 28.7 Å². The van der Waals surface area contributed by atoms with E-state index in [1.54, 1.807) is 0 Å². The van der Waals surface area contributed by atoms with Crippen LogP contribution in [0.25, 0.3) is 0 Å². The van der Waals surface area contributed by atoms with Crippen molar-refractivity contribution in [3.05, 3.63) is 71.8 Å². The fourth-order valence-corrected chi connectivity index (χ4v) is 1.35. The highest BCUT2D eigenvalue weighted by Gasteiger charge is 1.94. The zero-order valence-corrected chi connectivity index (χ0v) is 12.2. The molecule has 0 aliphatic heterocycles. The lowest BCUT2D eigenvalue weighted by Gasteiger charge is -2.02. The highest BCUT2D eigenvalue weighted by Crippen LogP contribution is 2.02. The van der Waals surface area contributed by atoms with Crippen molar-refractivity contribution < 1.29 is 9.90 Å². The second-order valence-corrected chi connectivity index (χ2v) is 4.21. The van der Waals surface area contributed by atoms with E-state index in [1.807, 2.05) is 60.7 Å². The van der Waals surface area contributed by atoms with Gasteiger partial charge in [0.05, 0.1) is 12.3 Å². The molecule has 0 atom stereocenters. The first-order valence-electron chi connectivity index (χ1n) is 6.45. The standard InChI is InChI=1S/2C7H10N2.CH3NO2/c2*8-7(9)6-4-2-1-3-5-6;2-1(3)4/h2*1-5,7H,8-9H2;2H2,(H,3,4). The molecule has 0 unspecified atom stereocenters. The summed E-state index contributed by atoms with van der Waals surface area (Å²) in [6.07, 6.45) is -2.02. The van der Waals surface area contributed by atoms with Gasteiger partial charge in [0.1, 0.15) is 0 Å². The minimum absolute atomic E-state index is 0.341. The van der Waals surface area contributed by atoms with Gasteiger partial charge in [-0.3, -0.25) is 0 Å². The molecule has 120 valence electrons. The second kappa shape index (κ2) is 11.2. The smallest absolute Gasteiger partial charge is 0.402 e. The lowest BCUT2D eigenvalue weighted by molar-refractivity contribution is 0.205. The number of rotatable bonds is 2. The van der Waals surface area contributed by atoms with E-state index in [0.29, 0.717) is 0 Å². The van der Waals surface area contributed by atoms with Crippen LogP contribution in [-0.4, -0.2) is 11.2 Å². The Balaban J connectivity index is 0.000000326. The zero-order valence-electron chi connectivity index (χ0n) is 12.2. The summed E-state index contributed by atoms with van der Waals surface area (Å²) in [5, 5.41) is 7.19. The van der Waals surface area contributed by atoms with Crippen molar-refractivity contribution in [3.63, 3.8) is 0 Å². The van der Waals surface area contributed by atoms with E-state index in [9.17, 15) is 0 Å². The molecule has 7 nitrogen and oxygen atoms in total. The number of amides is 1. The van der Waals surface area contributed by atoms with Crippen molar-refractivity contribution in [1.82, 2.24) is 0 Å². The Morgan fingerprint density at radius 2 is 0.955 bits per heavy atom. The maximum atomic E-state index is 8.78. The summed E-state index contributed by atoms with van der Waals surface area (Å²) in [6, 6.07) is 19.2. The van der Waals surface area contributed by atoms with Crippen molar-refractivity contribution >= 4 is 6.09 Å². The van der Waals surface area contributed by atoms with Gasteiger partial charge in [0.25, 0.3) is 0 Å². The average molecular weight is 305 g/mol. The SMILES string of the molecule is NC(=O)O.NC(N)c1ccccc1.NC(N)c1ccccc1. The Kier molecular flexibility index (Phi) is 9.98. The van der Waals surface area contributed by atoms with Gasteiger partial charge < -0.3 is 33.8 Å². The molecule has 0 spiro atoms. The van der Waals surface area contributed by atoms with E-state index in [1.165, 1.54) is 0 Å². The van der Waals surface area contributed by atoms with Crippen LogP contribution in [0.2, 0.25) is 0 Å². The van der Waals surface area contributed by atoms with Crippen LogP contribution in [0.4, 0.5) is 4.79 Å². The van der Waals surface area contributed by atoms with Crippen LogP contribution < -0.4 is 28.7 Å². The van der Waals surface area contributed by atoms with Crippen LogP contribution in [0.5, 0.6) is 0 Å². The van der Waals surface area contributed by atoms with Crippen molar-refractivity contribution in [1.29, 1.82) is 0 Å². The molecule has 2 rings (SSSR count). The highest BCUT2D eigenvalue weighted by atomic mass is 16.4. The summed E-state index contributed by atoms with van der Waals surface area (Å²) >= 11 is 0. The molecule has 0 bridgehead atoms. The number of hydrogen-bond donors (Lipinski definition) is 6. The second-order valence-electron chi connectivity index (χ2n) is 4.21. The largest absolute Gasteiger partial charge is 0.465 e. The quantitative estimate of drug-likeness (QED) is 0.449. The lowest BCUT2D eigenvalue weighted by Crippen LogP contribution is -2.19. The summed E-state index contributed by atoms with van der Waals surface area (Å²) in [7, 11) is 0. The van der Waals surface area contributed by atoms with E-state index in [0.717, 1.165) is 11.1 Å². The van der Waals surface area contributed by atoms with E-state index >= 15 is 0 Å². The average Bonchev–Trinajstić information content (AvgIpc) is 2.49. The maximum Gasteiger partial charge on any atom is 0.402 e. The topological polar surface area (TPSA) is 167 Å². The third-order valence-corrected chi connectivity index (χ3v) is 2.37. The maximum absolute atomic E-state index is 8.78.